The first-order valence-corrected chi connectivity index (χ1v) is 16.2. The van der Waals surface area contributed by atoms with E-state index in [4.69, 9.17) is 14.3 Å². The minimum Gasteiger partial charge on any atom is -0.381 e. The van der Waals surface area contributed by atoms with Crippen LogP contribution in [0.4, 0.5) is 14.5 Å². The Hall–Kier alpha value is -3.60. The fraction of sp³-hybridized carbons (Fsp3) is 0.500. The van der Waals surface area contributed by atoms with Crippen LogP contribution in [-0.2, 0) is 28.5 Å². The topological polar surface area (TPSA) is 67.2 Å². The molecule has 2 aromatic carbocycles. The smallest absolute Gasteiger partial charge is 0.276 e. The summed E-state index contributed by atoms with van der Waals surface area (Å²) in [5, 5.41) is 2.93. The Bertz CT molecular complexity index is 1500. The first-order valence-electron chi connectivity index (χ1n) is 16.2. The van der Waals surface area contributed by atoms with Gasteiger partial charge in [-0.3, -0.25) is 14.5 Å². The minimum absolute atomic E-state index is 0.127. The van der Waals surface area contributed by atoms with Crippen LogP contribution in [0.3, 0.4) is 0 Å². The second-order valence-corrected chi connectivity index (χ2v) is 12.3. The number of nitrogens with one attached hydrogen (secondary N) is 1. The highest BCUT2D eigenvalue weighted by atomic mass is 19.3. The average Bonchev–Trinajstić information content (AvgIpc) is 3.05. The minimum atomic E-state index is -3.12. The molecular weight excluding hydrogens is 590 g/mol. The summed E-state index contributed by atoms with van der Waals surface area (Å²) in [6.07, 6.45) is 3.46. The lowest BCUT2D eigenvalue weighted by Crippen LogP contribution is -2.48. The molecule has 8 nitrogen and oxygen atoms in total. The predicted octanol–water partition coefficient (Wildman–Crippen LogP) is 5.20. The van der Waals surface area contributed by atoms with E-state index in [2.05, 4.69) is 52.4 Å². The number of carbonyl (C=O) groups excluding carboxylic acids is 1. The van der Waals surface area contributed by atoms with Gasteiger partial charge in [0.15, 0.2) is 0 Å². The number of anilines is 1. The van der Waals surface area contributed by atoms with Crippen molar-refractivity contribution in [1.29, 1.82) is 0 Å². The largest absolute Gasteiger partial charge is 0.381 e. The quantitative estimate of drug-likeness (QED) is 0.292. The van der Waals surface area contributed by atoms with Crippen LogP contribution in [0.15, 0.2) is 48.7 Å². The maximum atomic E-state index is 14.7. The Labute approximate surface area is 271 Å². The highest BCUT2D eigenvalue weighted by molar-refractivity contribution is 5.99. The molecule has 0 spiro atoms. The molecule has 10 heteroatoms. The molecule has 0 aliphatic carbocycles. The van der Waals surface area contributed by atoms with Gasteiger partial charge < -0.3 is 19.7 Å². The Morgan fingerprint density at radius 2 is 1.72 bits per heavy atom. The number of hydrogen-bond acceptors (Lipinski definition) is 6. The van der Waals surface area contributed by atoms with E-state index in [0.29, 0.717) is 30.4 Å². The number of aryl methyl sites for hydroxylation is 1. The molecule has 5 rings (SSSR count). The van der Waals surface area contributed by atoms with Gasteiger partial charge in [0.05, 0.1) is 18.8 Å². The highest BCUT2D eigenvalue weighted by Gasteiger charge is 2.35. The number of ether oxygens (including phenoxy) is 2. The molecule has 0 radical (unpaired) electrons. The molecule has 3 aromatic rings. The zero-order chi connectivity index (χ0) is 32.8. The first kappa shape index (κ1) is 33.8. The summed E-state index contributed by atoms with van der Waals surface area (Å²) in [5.41, 5.74) is 6.15. The molecule has 1 N–H and O–H groups in total. The second kappa shape index (κ2) is 14.9. The van der Waals surface area contributed by atoms with Crippen molar-refractivity contribution in [2.45, 2.75) is 65.6 Å². The molecule has 248 valence electrons. The maximum absolute atomic E-state index is 14.7. The normalized spacial score (nSPS) is 16.3. The number of morpholine rings is 1. The number of rotatable bonds is 11. The van der Waals surface area contributed by atoms with E-state index in [9.17, 15) is 13.6 Å². The fourth-order valence-corrected chi connectivity index (χ4v) is 6.55. The standard InChI is InChI=1S/C36H46F2N4O4/c1-6-41(30-11-15-45-16-12-30)33-21-29(28-9-7-27(8-10-28)24-40-13-17-46-18-14-40)20-31(26(33)3)35(43)39-22-34-32(36(4,37)38)19-25(2)23-42(34)44-5/h7-10,19-21,23,30H,6,11-18,22,24H2,1-5H3/p+1. The molecule has 2 aliphatic rings. The molecule has 2 aliphatic heterocycles. The van der Waals surface area contributed by atoms with Crippen molar-refractivity contribution < 1.29 is 32.6 Å². The molecule has 0 atom stereocenters. The number of nitrogens with zero attached hydrogens (tertiary/aromatic N) is 3. The number of alkyl halides is 2. The average molecular weight is 638 g/mol. The van der Waals surface area contributed by atoms with E-state index < -0.39 is 5.92 Å². The van der Waals surface area contributed by atoms with Crippen molar-refractivity contribution in [1.82, 2.24) is 10.2 Å². The van der Waals surface area contributed by atoms with Gasteiger partial charge in [-0.1, -0.05) is 24.3 Å². The van der Waals surface area contributed by atoms with Crippen molar-refractivity contribution >= 4 is 11.6 Å². The van der Waals surface area contributed by atoms with Crippen molar-refractivity contribution in [2.24, 2.45) is 0 Å². The third-order valence-electron chi connectivity index (χ3n) is 9.06. The summed E-state index contributed by atoms with van der Waals surface area (Å²) in [5.74, 6) is -3.45. The zero-order valence-electron chi connectivity index (χ0n) is 27.7. The number of halogens is 2. The van der Waals surface area contributed by atoms with Crippen LogP contribution in [0.25, 0.3) is 11.1 Å². The maximum Gasteiger partial charge on any atom is 0.276 e. The van der Waals surface area contributed by atoms with Gasteiger partial charge in [-0.2, -0.15) is 0 Å². The van der Waals surface area contributed by atoms with Gasteiger partial charge in [0, 0.05) is 73.9 Å². The molecule has 2 fully saturated rings. The van der Waals surface area contributed by atoms with Gasteiger partial charge >= 0.3 is 0 Å². The van der Waals surface area contributed by atoms with E-state index in [-0.39, 0.29) is 23.7 Å². The van der Waals surface area contributed by atoms with Gasteiger partial charge in [-0.15, -0.1) is 0 Å². The third-order valence-corrected chi connectivity index (χ3v) is 9.06. The summed E-state index contributed by atoms with van der Waals surface area (Å²) in [6.45, 7) is 13.0. The van der Waals surface area contributed by atoms with E-state index in [1.807, 2.05) is 13.0 Å². The molecule has 0 unspecified atom stereocenters. The monoisotopic (exact) mass is 637 g/mol. The zero-order valence-corrected chi connectivity index (χ0v) is 27.7. The van der Waals surface area contributed by atoms with Gasteiger partial charge in [-0.25, -0.2) is 8.78 Å². The Balaban J connectivity index is 1.49. The second-order valence-electron chi connectivity index (χ2n) is 12.3. The van der Waals surface area contributed by atoms with E-state index in [0.717, 1.165) is 81.5 Å². The van der Waals surface area contributed by atoms with Crippen LogP contribution in [0.5, 0.6) is 0 Å². The van der Waals surface area contributed by atoms with Crippen LogP contribution in [0.2, 0.25) is 0 Å². The summed E-state index contributed by atoms with van der Waals surface area (Å²) in [7, 11) is 1.42. The number of amides is 1. The van der Waals surface area contributed by atoms with Gasteiger partial charge in [0.25, 0.3) is 17.5 Å². The molecule has 1 aromatic heterocycles. The molecule has 46 heavy (non-hydrogen) atoms. The highest BCUT2D eigenvalue weighted by Crippen LogP contribution is 2.34. The number of aromatic nitrogens is 1. The van der Waals surface area contributed by atoms with E-state index >= 15 is 0 Å². The molecule has 0 saturated carbocycles. The predicted molar refractivity (Wildman–Crippen MR) is 174 cm³/mol. The Morgan fingerprint density at radius 1 is 1.04 bits per heavy atom. The van der Waals surface area contributed by atoms with Gasteiger partial charge in [-0.05, 0) is 74.1 Å². The molecule has 0 bridgehead atoms. The van der Waals surface area contributed by atoms with Crippen LogP contribution in [0, 0.1) is 13.8 Å². The number of benzene rings is 2. The van der Waals surface area contributed by atoms with Crippen molar-refractivity contribution in [3.05, 3.63) is 82.2 Å². The summed E-state index contributed by atoms with van der Waals surface area (Å²) >= 11 is 0. The van der Waals surface area contributed by atoms with Crippen LogP contribution in [0.1, 0.15) is 65.0 Å². The fourth-order valence-electron chi connectivity index (χ4n) is 6.55. The lowest BCUT2D eigenvalue weighted by Gasteiger charge is -2.37. The van der Waals surface area contributed by atoms with Crippen LogP contribution in [-0.4, -0.2) is 70.0 Å². The van der Waals surface area contributed by atoms with Gasteiger partial charge in [0.1, 0.15) is 13.7 Å². The van der Waals surface area contributed by atoms with Gasteiger partial charge in [0.2, 0.25) is 6.20 Å². The lowest BCUT2D eigenvalue weighted by molar-refractivity contribution is -0.891. The lowest BCUT2D eigenvalue weighted by atomic mass is 9.94. The molecule has 2 saturated heterocycles. The SMILES string of the molecule is CCN(c1cc(-c2ccc(CN3CCOCC3)cc2)cc(C(=O)NCc2c(C(C)(F)F)cc(C)c[n+]2OC)c1C)C1CCOCC1. The number of carbonyl (C=O) groups is 1. The summed E-state index contributed by atoms with van der Waals surface area (Å²) in [4.78, 5) is 24.1. The van der Waals surface area contributed by atoms with Crippen molar-refractivity contribution in [3.63, 3.8) is 0 Å². The number of hydrogen-bond donors (Lipinski definition) is 1. The van der Waals surface area contributed by atoms with E-state index in [1.165, 1.54) is 23.5 Å². The Kier molecular flexibility index (Phi) is 10.9. The Morgan fingerprint density at radius 3 is 2.35 bits per heavy atom. The summed E-state index contributed by atoms with van der Waals surface area (Å²) < 4.78 is 41.8. The summed E-state index contributed by atoms with van der Waals surface area (Å²) in [6, 6.07) is 14.3. The van der Waals surface area contributed by atoms with Crippen molar-refractivity contribution in [3.8, 4) is 11.1 Å². The van der Waals surface area contributed by atoms with Crippen molar-refractivity contribution in [2.75, 3.05) is 58.1 Å². The van der Waals surface area contributed by atoms with E-state index in [1.54, 1.807) is 13.1 Å². The molecule has 1 amide bonds. The molecule has 3 heterocycles. The number of pyridine rings is 1. The third kappa shape index (κ3) is 7.85. The van der Waals surface area contributed by atoms with Crippen LogP contribution < -0.4 is 19.8 Å². The van der Waals surface area contributed by atoms with Crippen LogP contribution >= 0.6 is 0 Å². The molecular formula is C36H47F2N4O4+. The first-order chi connectivity index (χ1) is 22.1.